The molecular formula is C48H74N2O2. The van der Waals surface area contributed by atoms with E-state index in [1.54, 1.807) is 0 Å². The number of esters is 1. The molecule has 0 aromatic heterocycles. The number of allylic oxidation sites excluding steroid dienone is 3. The fourth-order valence-electron chi connectivity index (χ4n) is 14.6. The van der Waals surface area contributed by atoms with Crippen molar-refractivity contribution in [3.05, 3.63) is 53.6 Å². The van der Waals surface area contributed by atoms with E-state index in [1.165, 1.54) is 114 Å². The molecule has 1 aromatic carbocycles. The second-order valence-corrected chi connectivity index (χ2v) is 21.3. The van der Waals surface area contributed by atoms with Gasteiger partial charge in [-0.2, -0.15) is 0 Å². The van der Waals surface area contributed by atoms with E-state index < -0.39 is 5.60 Å². The van der Waals surface area contributed by atoms with Crippen LogP contribution >= 0.6 is 0 Å². The molecular weight excluding hydrogens is 637 g/mol. The van der Waals surface area contributed by atoms with Gasteiger partial charge in [-0.25, -0.2) is 4.79 Å². The maximum Gasteiger partial charge on any atom is 0.338 e. The molecule has 4 saturated carbocycles. The SMILES string of the molecule is C=C(C)C1CCC2(CNCCN3CCCCC3)CCC3(C)C(CCC4C5(C)CC=C(c6ccc(C(=O)OC(C)(C)C)cc6)C(C)(C)C5CCC43C)C12. The van der Waals surface area contributed by atoms with Crippen LogP contribution in [-0.4, -0.2) is 49.2 Å². The van der Waals surface area contributed by atoms with E-state index in [1.807, 2.05) is 32.9 Å². The van der Waals surface area contributed by atoms with E-state index in [9.17, 15) is 4.79 Å². The lowest BCUT2D eigenvalue weighted by Crippen LogP contribution is -2.65. The Morgan fingerprint density at radius 3 is 2.27 bits per heavy atom. The Kier molecular flexibility index (Phi) is 10.1. The number of ether oxygens (including phenoxy) is 1. The molecule has 4 nitrogen and oxygen atoms in total. The maximum atomic E-state index is 12.8. The number of hydrogen-bond donors (Lipinski definition) is 1. The van der Waals surface area contributed by atoms with Crippen LogP contribution in [0.5, 0.6) is 0 Å². The van der Waals surface area contributed by atoms with Crippen LogP contribution in [0, 0.1) is 56.7 Å². The number of piperidine rings is 1. The minimum absolute atomic E-state index is 0.0671. The summed E-state index contributed by atoms with van der Waals surface area (Å²) in [5.74, 6) is 3.39. The van der Waals surface area contributed by atoms with E-state index >= 15 is 0 Å². The molecule has 1 heterocycles. The van der Waals surface area contributed by atoms with Gasteiger partial charge in [0.15, 0.2) is 0 Å². The summed E-state index contributed by atoms with van der Waals surface area (Å²) < 4.78 is 5.67. The fourth-order valence-corrected chi connectivity index (χ4v) is 14.6. The average molecular weight is 711 g/mol. The van der Waals surface area contributed by atoms with Crippen LogP contribution < -0.4 is 5.32 Å². The molecule has 5 aliphatic carbocycles. The Labute approximate surface area is 318 Å². The summed E-state index contributed by atoms with van der Waals surface area (Å²) in [4.78, 5) is 15.5. The number of carbonyl (C=O) groups is 1. The van der Waals surface area contributed by atoms with E-state index in [0.717, 1.165) is 30.7 Å². The highest BCUT2D eigenvalue weighted by molar-refractivity contribution is 5.90. The molecule has 1 saturated heterocycles. The Hall–Kier alpha value is -1.91. The van der Waals surface area contributed by atoms with Crippen LogP contribution in [0.2, 0.25) is 0 Å². The van der Waals surface area contributed by atoms with Gasteiger partial charge in [-0.3, -0.25) is 0 Å². The van der Waals surface area contributed by atoms with Gasteiger partial charge in [0.05, 0.1) is 5.56 Å². The minimum atomic E-state index is -0.493. The minimum Gasteiger partial charge on any atom is -0.456 e. The molecule has 1 N–H and O–H groups in total. The standard InChI is InChI=1S/C48H74N2O2/c1-33(2)36-20-25-48(32-49-28-31-50-29-12-11-13-30-50)27-26-46(9)38(41(36)48)18-19-40-45(8)23-21-37(44(6,7)39(45)22-24-47(40,46)10)34-14-16-35(17-15-34)42(51)52-43(3,4)5/h14-17,21,36,38-41,49H,1,11-13,18-20,22-32H2,2-10H3. The van der Waals surface area contributed by atoms with Gasteiger partial charge < -0.3 is 15.0 Å². The number of hydrogen-bond acceptors (Lipinski definition) is 4. The lowest BCUT2D eigenvalue weighted by atomic mass is 9.32. The first kappa shape index (κ1) is 38.4. The molecule has 0 radical (unpaired) electrons. The number of nitrogens with zero attached hydrogens (tertiary/aromatic N) is 1. The average Bonchev–Trinajstić information content (AvgIpc) is 3.47. The van der Waals surface area contributed by atoms with Crippen molar-refractivity contribution in [2.24, 2.45) is 56.7 Å². The van der Waals surface area contributed by atoms with Gasteiger partial charge in [0.25, 0.3) is 0 Å². The normalized spacial score (nSPS) is 40.1. The molecule has 5 fully saturated rings. The molecule has 0 bridgehead atoms. The van der Waals surface area contributed by atoms with Gasteiger partial charge in [0.2, 0.25) is 0 Å². The largest absolute Gasteiger partial charge is 0.456 e. The van der Waals surface area contributed by atoms with Crippen LogP contribution in [-0.2, 0) is 4.74 Å². The molecule has 288 valence electrons. The van der Waals surface area contributed by atoms with Gasteiger partial charge in [-0.15, -0.1) is 0 Å². The molecule has 0 amide bonds. The zero-order chi connectivity index (χ0) is 37.3. The Morgan fingerprint density at radius 2 is 1.60 bits per heavy atom. The van der Waals surface area contributed by atoms with Crippen molar-refractivity contribution in [2.75, 3.05) is 32.7 Å². The lowest BCUT2D eigenvalue weighted by Gasteiger charge is -2.72. The summed E-state index contributed by atoms with van der Waals surface area (Å²) in [5, 5.41) is 4.08. The van der Waals surface area contributed by atoms with Gasteiger partial charge in [-0.05, 0) is 191 Å². The van der Waals surface area contributed by atoms with E-state index in [-0.39, 0.29) is 11.4 Å². The number of rotatable bonds is 8. The molecule has 4 heteroatoms. The quantitative estimate of drug-likeness (QED) is 0.166. The third kappa shape index (κ3) is 6.30. The van der Waals surface area contributed by atoms with Crippen molar-refractivity contribution < 1.29 is 9.53 Å². The summed E-state index contributed by atoms with van der Waals surface area (Å²) in [7, 11) is 0. The molecule has 6 aliphatic rings. The Balaban J connectivity index is 1.12. The monoisotopic (exact) mass is 711 g/mol. The molecule has 52 heavy (non-hydrogen) atoms. The van der Waals surface area contributed by atoms with Gasteiger partial charge in [0, 0.05) is 19.6 Å². The number of likely N-dealkylation sites (tertiary alicyclic amines) is 1. The van der Waals surface area contributed by atoms with Crippen LogP contribution in [0.15, 0.2) is 42.5 Å². The lowest BCUT2D eigenvalue weighted by molar-refractivity contribution is -0.225. The Bertz CT molecular complexity index is 1530. The first-order chi connectivity index (χ1) is 24.5. The van der Waals surface area contributed by atoms with Crippen LogP contribution in [0.1, 0.15) is 155 Å². The van der Waals surface area contributed by atoms with Crippen molar-refractivity contribution in [2.45, 2.75) is 145 Å². The molecule has 0 spiro atoms. The van der Waals surface area contributed by atoms with E-state index in [2.05, 4.69) is 76.5 Å². The van der Waals surface area contributed by atoms with Gasteiger partial charge in [0.1, 0.15) is 5.60 Å². The third-order valence-corrected chi connectivity index (χ3v) is 17.2. The highest BCUT2D eigenvalue weighted by Gasteiger charge is 2.70. The molecule has 1 aromatic rings. The van der Waals surface area contributed by atoms with Gasteiger partial charge in [-0.1, -0.05) is 71.4 Å². The van der Waals surface area contributed by atoms with Crippen molar-refractivity contribution in [3.8, 4) is 0 Å². The second-order valence-electron chi connectivity index (χ2n) is 21.3. The van der Waals surface area contributed by atoms with Crippen molar-refractivity contribution in [1.82, 2.24) is 10.2 Å². The van der Waals surface area contributed by atoms with E-state index in [4.69, 9.17) is 4.74 Å². The van der Waals surface area contributed by atoms with Crippen LogP contribution in [0.3, 0.4) is 0 Å². The van der Waals surface area contributed by atoms with Crippen molar-refractivity contribution >= 4 is 11.5 Å². The van der Waals surface area contributed by atoms with Crippen molar-refractivity contribution in [3.63, 3.8) is 0 Å². The predicted molar refractivity (Wildman–Crippen MR) is 217 cm³/mol. The first-order valence-corrected chi connectivity index (χ1v) is 21.6. The summed E-state index contributed by atoms with van der Waals surface area (Å²) in [6.45, 7) is 32.3. The summed E-state index contributed by atoms with van der Waals surface area (Å²) in [6.07, 6.45) is 18.9. The topological polar surface area (TPSA) is 41.6 Å². The molecule has 7 rings (SSSR count). The second kappa shape index (κ2) is 13.7. The van der Waals surface area contributed by atoms with Crippen LogP contribution in [0.25, 0.3) is 5.57 Å². The number of nitrogens with one attached hydrogen (secondary N) is 1. The highest BCUT2D eigenvalue weighted by atomic mass is 16.6. The summed E-state index contributed by atoms with van der Waals surface area (Å²) in [5.41, 5.74) is 5.86. The number of benzene rings is 1. The molecule has 9 atom stereocenters. The number of carbonyl (C=O) groups excluding carboxylic acids is 1. The zero-order valence-corrected chi connectivity index (χ0v) is 34.8. The highest BCUT2D eigenvalue weighted by Crippen LogP contribution is 2.77. The third-order valence-electron chi connectivity index (χ3n) is 17.2. The molecule has 9 unspecified atom stereocenters. The predicted octanol–water partition coefficient (Wildman–Crippen LogP) is 11.4. The zero-order valence-electron chi connectivity index (χ0n) is 34.8. The Morgan fingerprint density at radius 1 is 0.885 bits per heavy atom. The van der Waals surface area contributed by atoms with Crippen LogP contribution in [0.4, 0.5) is 0 Å². The first-order valence-electron chi connectivity index (χ1n) is 21.6. The fraction of sp³-hybridized carbons (Fsp3) is 0.771. The van der Waals surface area contributed by atoms with E-state index in [0.29, 0.717) is 39.1 Å². The maximum absolute atomic E-state index is 12.8. The van der Waals surface area contributed by atoms with Gasteiger partial charge >= 0.3 is 5.97 Å². The summed E-state index contributed by atoms with van der Waals surface area (Å²) >= 11 is 0. The van der Waals surface area contributed by atoms with Crippen molar-refractivity contribution in [1.29, 1.82) is 0 Å². The smallest absolute Gasteiger partial charge is 0.338 e. The molecule has 1 aliphatic heterocycles. The number of fused-ring (bicyclic) bond motifs is 7. The summed E-state index contributed by atoms with van der Waals surface area (Å²) in [6, 6.07) is 8.29.